The summed E-state index contributed by atoms with van der Waals surface area (Å²) in [6, 6.07) is 12.4. The summed E-state index contributed by atoms with van der Waals surface area (Å²) in [6.07, 6.45) is 2.55. The second-order valence-electron chi connectivity index (χ2n) is 10.4. The molecule has 2 aliphatic heterocycles. The molecule has 0 saturated heterocycles. The lowest BCUT2D eigenvalue weighted by molar-refractivity contribution is 0.0371. The van der Waals surface area contributed by atoms with Gasteiger partial charge < -0.3 is 39.8 Å². The SMILES string of the molecule is C[C@@H]1CN([C@@H](C)CO)C(=O)c2cc(NC(=O)c3ccncc3)ccc2O[C@@H]1CN(C)C(=O)Nc1ccc2c(c1)OCO2. The molecule has 2 aliphatic rings. The number of carbonyl (C=O) groups excluding carboxylic acids is 3. The summed E-state index contributed by atoms with van der Waals surface area (Å²) >= 11 is 0. The quantitative estimate of drug-likeness (QED) is 0.389. The number of ether oxygens (including phenoxy) is 3. The van der Waals surface area contributed by atoms with E-state index in [-0.39, 0.29) is 55.8 Å². The summed E-state index contributed by atoms with van der Waals surface area (Å²) < 4.78 is 17.1. The Morgan fingerprint density at radius 3 is 2.48 bits per heavy atom. The van der Waals surface area contributed by atoms with Crippen molar-refractivity contribution in [1.82, 2.24) is 14.8 Å². The summed E-state index contributed by atoms with van der Waals surface area (Å²) in [5, 5.41) is 15.6. The number of nitrogens with zero attached hydrogens (tertiary/aromatic N) is 3. The van der Waals surface area contributed by atoms with Crippen molar-refractivity contribution in [3.63, 3.8) is 0 Å². The maximum absolute atomic E-state index is 13.7. The normalized spacial score (nSPS) is 18.2. The molecule has 0 radical (unpaired) electrons. The Hall–Kier alpha value is -4.84. The maximum Gasteiger partial charge on any atom is 0.321 e. The minimum Gasteiger partial charge on any atom is -0.487 e. The van der Waals surface area contributed by atoms with E-state index in [1.807, 2.05) is 6.92 Å². The van der Waals surface area contributed by atoms with Crippen LogP contribution in [0.15, 0.2) is 60.9 Å². The van der Waals surface area contributed by atoms with Crippen molar-refractivity contribution in [2.75, 3.05) is 44.2 Å². The summed E-state index contributed by atoms with van der Waals surface area (Å²) in [7, 11) is 1.66. The fourth-order valence-corrected chi connectivity index (χ4v) is 4.77. The van der Waals surface area contributed by atoms with Crippen molar-refractivity contribution < 1.29 is 33.7 Å². The molecule has 0 spiro atoms. The molecule has 4 amide bonds. The first-order valence-corrected chi connectivity index (χ1v) is 13.6. The van der Waals surface area contributed by atoms with Crippen LogP contribution in [-0.4, -0.2) is 83.4 Å². The van der Waals surface area contributed by atoms with Gasteiger partial charge in [-0.1, -0.05) is 6.92 Å². The lowest BCUT2D eigenvalue weighted by Gasteiger charge is -2.38. The number of benzene rings is 2. The van der Waals surface area contributed by atoms with Gasteiger partial charge in [-0.15, -0.1) is 0 Å². The van der Waals surface area contributed by atoms with Crippen molar-refractivity contribution in [1.29, 1.82) is 0 Å². The van der Waals surface area contributed by atoms with Gasteiger partial charge in [0.25, 0.3) is 11.8 Å². The molecule has 3 atom stereocenters. The van der Waals surface area contributed by atoms with Crippen molar-refractivity contribution in [3.8, 4) is 17.2 Å². The van der Waals surface area contributed by atoms with Gasteiger partial charge >= 0.3 is 6.03 Å². The van der Waals surface area contributed by atoms with Gasteiger partial charge in [0.05, 0.1) is 24.8 Å². The molecule has 12 nitrogen and oxygen atoms in total. The molecule has 5 rings (SSSR count). The predicted molar refractivity (Wildman–Crippen MR) is 154 cm³/mol. The topological polar surface area (TPSA) is 143 Å². The Morgan fingerprint density at radius 2 is 1.74 bits per heavy atom. The van der Waals surface area contributed by atoms with Gasteiger partial charge in [0.2, 0.25) is 6.79 Å². The maximum atomic E-state index is 13.7. The molecular formula is C30H33N5O7. The molecule has 0 fully saturated rings. The average molecular weight is 576 g/mol. The van der Waals surface area contributed by atoms with Gasteiger partial charge in [-0.3, -0.25) is 14.6 Å². The number of fused-ring (bicyclic) bond motifs is 2. The Kier molecular flexibility index (Phi) is 8.43. The Labute approximate surface area is 243 Å². The smallest absolute Gasteiger partial charge is 0.321 e. The number of anilines is 2. The number of hydrogen-bond acceptors (Lipinski definition) is 8. The molecule has 1 aromatic heterocycles. The highest BCUT2D eigenvalue weighted by Gasteiger charge is 2.34. The van der Waals surface area contributed by atoms with E-state index < -0.39 is 12.1 Å². The Morgan fingerprint density at radius 1 is 1.05 bits per heavy atom. The summed E-state index contributed by atoms with van der Waals surface area (Å²) in [6.45, 7) is 4.12. The number of carbonyl (C=O) groups is 3. The van der Waals surface area contributed by atoms with E-state index in [0.29, 0.717) is 34.2 Å². The first-order chi connectivity index (χ1) is 20.2. The van der Waals surface area contributed by atoms with Crippen LogP contribution < -0.4 is 24.8 Å². The number of aliphatic hydroxyl groups excluding tert-OH is 1. The van der Waals surface area contributed by atoms with E-state index in [4.69, 9.17) is 14.2 Å². The van der Waals surface area contributed by atoms with Gasteiger partial charge in [-0.05, 0) is 49.4 Å². The lowest BCUT2D eigenvalue weighted by atomic mass is 9.99. The standard InChI is InChI=1S/C30H33N5O7/c1-18-14-35(19(2)16-36)29(38)23-12-21(32-28(37)20-8-10-31-11-9-20)4-6-24(23)42-27(18)15-34(3)30(39)33-22-5-7-25-26(13-22)41-17-40-25/h4-13,18-19,27,36H,14-17H2,1-3H3,(H,32,37)(H,33,39)/t18-,19+,27-/m1/s1. The highest BCUT2D eigenvalue weighted by molar-refractivity contribution is 6.05. The van der Waals surface area contributed by atoms with E-state index >= 15 is 0 Å². The zero-order chi connectivity index (χ0) is 29.8. The average Bonchev–Trinajstić information content (AvgIpc) is 3.47. The largest absolute Gasteiger partial charge is 0.487 e. The molecular weight excluding hydrogens is 542 g/mol. The number of rotatable bonds is 7. The summed E-state index contributed by atoms with van der Waals surface area (Å²) in [5.74, 6) is 0.627. The summed E-state index contributed by atoms with van der Waals surface area (Å²) in [4.78, 5) is 46.5. The summed E-state index contributed by atoms with van der Waals surface area (Å²) in [5.41, 5.74) is 1.63. The monoisotopic (exact) mass is 575 g/mol. The van der Waals surface area contributed by atoms with Gasteiger partial charge in [-0.2, -0.15) is 0 Å². The number of likely N-dealkylation sites (N-methyl/N-ethyl adjacent to an activating group) is 1. The predicted octanol–water partition coefficient (Wildman–Crippen LogP) is 3.45. The number of hydrogen-bond donors (Lipinski definition) is 3. The van der Waals surface area contributed by atoms with Gasteiger partial charge in [0.1, 0.15) is 11.9 Å². The molecule has 3 N–H and O–H groups in total. The zero-order valence-electron chi connectivity index (χ0n) is 23.6. The van der Waals surface area contributed by atoms with Crippen molar-refractivity contribution >= 4 is 29.2 Å². The molecule has 0 saturated carbocycles. The van der Waals surface area contributed by atoms with Crippen LogP contribution >= 0.6 is 0 Å². The lowest BCUT2D eigenvalue weighted by Crippen LogP contribution is -2.50. The van der Waals surface area contributed by atoms with Crippen LogP contribution in [0.25, 0.3) is 0 Å². The van der Waals surface area contributed by atoms with Crippen molar-refractivity contribution in [2.45, 2.75) is 26.0 Å². The molecule has 0 unspecified atom stereocenters. The first kappa shape index (κ1) is 28.7. The van der Waals surface area contributed by atoms with E-state index in [1.54, 1.807) is 67.4 Å². The van der Waals surface area contributed by atoms with Crippen LogP contribution in [0.2, 0.25) is 0 Å². The number of aromatic nitrogens is 1. The minimum atomic E-state index is -0.491. The molecule has 0 aliphatic carbocycles. The van der Waals surface area contributed by atoms with E-state index in [9.17, 15) is 19.5 Å². The number of amides is 4. The molecule has 3 aromatic rings. The number of pyridine rings is 1. The van der Waals surface area contributed by atoms with E-state index in [2.05, 4.69) is 15.6 Å². The van der Waals surface area contributed by atoms with Crippen molar-refractivity contribution in [3.05, 3.63) is 72.1 Å². The van der Waals surface area contributed by atoms with Gasteiger partial charge in [-0.25, -0.2) is 4.79 Å². The highest BCUT2D eigenvalue weighted by atomic mass is 16.7. The fraction of sp³-hybridized carbons (Fsp3) is 0.333. The fourth-order valence-electron chi connectivity index (χ4n) is 4.77. The zero-order valence-corrected chi connectivity index (χ0v) is 23.6. The van der Waals surface area contributed by atoms with Gasteiger partial charge in [0.15, 0.2) is 11.5 Å². The van der Waals surface area contributed by atoms with Crippen LogP contribution in [0.5, 0.6) is 17.2 Å². The van der Waals surface area contributed by atoms with Crippen molar-refractivity contribution in [2.24, 2.45) is 5.92 Å². The highest BCUT2D eigenvalue weighted by Crippen LogP contribution is 2.34. The Bertz CT molecular complexity index is 1470. The second kappa shape index (κ2) is 12.4. The molecule has 42 heavy (non-hydrogen) atoms. The molecule has 220 valence electrons. The van der Waals surface area contributed by atoms with Crippen LogP contribution in [0.1, 0.15) is 34.6 Å². The Balaban J connectivity index is 1.36. The van der Waals surface area contributed by atoms with E-state index in [0.717, 1.165) is 0 Å². The molecule has 3 heterocycles. The minimum absolute atomic E-state index is 0.137. The molecule has 12 heteroatoms. The van der Waals surface area contributed by atoms with Gasteiger partial charge in [0, 0.05) is 54.9 Å². The third kappa shape index (κ3) is 6.23. The third-order valence-corrected chi connectivity index (χ3v) is 7.29. The van der Waals surface area contributed by atoms with Crippen LogP contribution in [0.4, 0.5) is 16.2 Å². The number of urea groups is 1. The van der Waals surface area contributed by atoms with Crippen LogP contribution in [-0.2, 0) is 0 Å². The van der Waals surface area contributed by atoms with E-state index in [1.165, 1.54) is 17.3 Å². The number of aliphatic hydroxyl groups is 1. The molecule has 2 aromatic carbocycles. The number of nitrogens with one attached hydrogen (secondary N) is 2. The second-order valence-corrected chi connectivity index (χ2v) is 10.4. The van der Waals surface area contributed by atoms with Crippen LogP contribution in [0.3, 0.4) is 0 Å². The third-order valence-electron chi connectivity index (χ3n) is 7.29. The van der Waals surface area contributed by atoms with Crippen LogP contribution in [0, 0.1) is 5.92 Å². The molecule has 0 bridgehead atoms. The first-order valence-electron chi connectivity index (χ1n) is 13.6.